The molecule has 0 fully saturated rings. The van der Waals surface area contributed by atoms with Crippen LogP contribution in [0.5, 0.6) is 5.75 Å². The first-order valence-electron chi connectivity index (χ1n) is 7.14. The Labute approximate surface area is 140 Å². The molecule has 0 saturated heterocycles. The number of nitrogens with one attached hydrogen (secondary N) is 1. The van der Waals surface area contributed by atoms with E-state index in [4.69, 9.17) is 0 Å². The quantitative estimate of drug-likeness (QED) is 0.738. The number of ether oxygens (including phenoxy) is 1. The number of halogens is 2. The molecule has 9 heteroatoms. The molecule has 3 aromatic rings. The van der Waals surface area contributed by atoms with Crippen LogP contribution in [0.3, 0.4) is 0 Å². The lowest BCUT2D eigenvalue weighted by atomic mass is 10.3. The van der Waals surface area contributed by atoms with Crippen LogP contribution < -0.4 is 10.1 Å². The minimum atomic E-state index is -2.87. The fourth-order valence-corrected chi connectivity index (χ4v) is 3.03. The third kappa shape index (κ3) is 4.05. The fraction of sp³-hybridized carbons (Fsp3) is 0.267. The molecular formula is C15H14F2N4O2S. The van der Waals surface area contributed by atoms with Gasteiger partial charge in [0.1, 0.15) is 5.75 Å². The topological polar surface area (TPSA) is 69.0 Å². The zero-order valence-electron chi connectivity index (χ0n) is 12.7. The van der Waals surface area contributed by atoms with Gasteiger partial charge in [-0.05, 0) is 30.7 Å². The second-order valence-electron chi connectivity index (χ2n) is 5.11. The van der Waals surface area contributed by atoms with Crippen molar-refractivity contribution in [3.05, 3.63) is 36.2 Å². The molecule has 0 atom stereocenters. The van der Waals surface area contributed by atoms with E-state index in [1.54, 1.807) is 16.9 Å². The summed E-state index contributed by atoms with van der Waals surface area (Å²) in [5.74, 6) is -0.126. The summed E-state index contributed by atoms with van der Waals surface area (Å²) in [6, 6.07) is 4.47. The van der Waals surface area contributed by atoms with Gasteiger partial charge in [0.2, 0.25) is 5.91 Å². The minimum Gasteiger partial charge on any atom is -0.435 e. The van der Waals surface area contributed by atoms with Gasteiger partial charge in [-0.15, -0.1) is 0 Å². The highest BCUT2D eigenvalue weighted by Crippen LogP contribution is 2.29. The average Bonchev–Trinajstić information content (AvgIpc) is 3.09. The molecular weight excluding hydrogens is 338 g/mol. The maximum absolute atomic E-state index is 12.2. The number of hydrogen-bond acceptors (Lipinski definition) is 5. The van der Waals surface area contributed by atoms with Crippen molar-refractivity contribution in [3.8, 4) is 5.75 Å². The number of amides is 1. The molecule has 2 aromatic heterocycles. The Kier molecular flexibility index (Phi) is 4.70. The zero-order valence-corrected chi connectivity index (χ0v) is 13.5. The van der Waals surface area contributed by atoms with E-state index < -0.39 is 6.61 Å². The van der Waals surface area contributed by atoms with E-state index in [1.807, 2.05) is 13.1 Å². The second kappa shape index (κ2) is 6.91. The van der Waals surface area contributed by atoms with Crippen molar-refractivity contribution in [3.63, 3.8) is 0 Å². The van der Waals surface area contributed by atoms with Gasteiger partial charge in [0, 0.05) is 19.2 Å². The van der Waals surface area contributed by atoms with Crippen molar-refractivity contribution in [2.45, 2.75) is 26.5 Å². The molecule has 0 saturated carbocycles. The van der Waals surface area contributed by atoms with Gasteiger partial charge in [-0.2, -0.15) is 13.9 Å². The predicted molar refractivity (Wildman–Crippen MR) is 86.5 cm³/mol. The van der Waals surface area contributed by atoms with Gasteiger partial charge < -0.3 is 10.1 Å². The van der Waals surface area contributed by atoms with E-state index in [1.165, 1.54) is 23.5 Å². The average molecular weight is 352 g/mol. The molecule has 3 rings (SSSR count). The van der Waals surface area contributed by atoms with Crippen LogP contribution in [0, 0.1) is 6.92 Å². The van der Waals surface area contributed by atoms with E-state index in [0.29, 0.717) is 21.9 Å². The molecule has 126 valence electrons. The number of carbonyl (C=O) groups is 1. The lowest BCUT2D eigenvalue weighted by Crippen LogP contribution is -2.14. The summed E-state index contributed by atoms with van der Waals surface area (Å²) in [4.78, 5) is 16.2. The number of rotatable bonds is 6. The van der Waals surface area contributed by atoms with E-state index >= 15 is 0 Å². The van der Waals surface area contributed by atoms with Gasteiger partial charge >= 0.3 is 6.61 Å². The van der Waals surface area contributed by atoms with Crippen LogP contribution >= 0.6 is 11.3 Å². The van der Waals surface area contributed by atoms with Gasteiger partial charge in [0.05, 0.1) is 16.4 Å². The summed E-state index contributed by atoms with van der Waals surface area (Å²) < 4.78 is 31.2. The number of nitrogens with zero attached hydrogens (tertiary/aromatic N) is 3. The number of alkyl halides is 2. The largest absolute Gasteiger partial charge is 0.435 e. The van der Waals surface area contributed by atoms with Crippen LogP contribution in [0.1, 0.15) is 12.0 Å². The molecule has 0 aliphatic rings. The van der Waals surface area contributed by atoms with Gasteiger partial charge in [-0.25, -0.2) is 4.98 Å². The molecule has 0 unspecified atom stereocenters. The summed E-state index contributed by atoms with van der Waals surface area (Å²) in [5.41, 5.74) is 1.64. The van der Waals surface area contributed by atoms with Crippen LogP contribution in [-0.4, -0.2) is 27.3 Å². The Morgan fingerprint density at radius 2 is 2.29 bits per heavy atom. The van der Waals surface area contributed by atoms with Crippen LogP contribution in [0.2, 0.25) is 0 Å². The third-order valence-electron chi connectivity index (χ3n) is 3.16. The third-order valence-corrected chi connectivity index (χ3v) is 4.10. The number of carbonyl (C=O) groups excluding carboxylic acids is 1. The first kappa shape index (κ1) is 16.3. The van der Waals surface area contributed by atoms with Crippen LogP contribution in [-0.2, 0) is 11.3 Å². The second-order valence-corrected chi connectivity index (χ2v) is 6.14. The minimum absolute atomic E-state index is 0.0630. The van der Waals surface area contributed by atoms with E-state index in [0.717, 1.165) is 5.56 Å². The van der Waals surface area contributed by atoms with Crippen LogP contribution in [0.15, 0.2) is 30.6 Å². The van der Waals surface area contributed by atoms with Crippen LogP contribution in [0.4, 0.5) is 13.9 Å². The van der Waals surface area contributed by atoms with Crippen molar-refractivity contribution in [1.29, 1.82) is 0 Å². The molecule has 1 amide bonds. The maximum Gasteiger partial charge on any atom is 0.387 e. The van der Waals surface area contributed by atoms with E-state index in [-0.39, 0.29) is 18.1 Å². The molecule has 0 bridgehead atoms. The number of benzene rings is 1. The van der Waals surface area contributed by atoms with Gasteiger partial charge in [0.15, 0.2) is 5.13 Å². The highest BCUT2D eigenvalue weighted by molar-refractivity contribution is 7.22. The Morgan fingerprint density at radius 1 is 1.46 bits per heavy atom. The van der Waals surface area contributed by atoms with Crippen molar-refractivity contribution < 1.29 is 18.3 Å². The number of thiazole rings is 1. The number of anilines is 1. The Morgan fingerprint density at radius 3 is 3.00 bits per heavy atom. The van der Waals surface area contributed by atoms with Crippen molar-refractivity contribution in [1.82, 2.24) is 14.8 Å². The fourth-order valence-electron chi connectivity index (χ4n) is 2.12. The first-order valence-corrected chi connectivity index (χ1v) is 7.95. The Bertz CT molecular complexity index is 862. The lowest BCUT2D eigenvalue weighted by Gasteiger charge is -2.02. The first-order chi connectivity index (χ1) is 11.5. The molecule has 24 heavy (non-hydrogen) atoms. The molecule has 0 spiro atoms. The molecule has 6 nitrogen and oxygen atoms in total. The Hall–Kier alpha value is -2.55. The standard InChI is InChI=1S/C15H14F2N4O2S/c1-9-7-18-21(8-9)5-4-13(22)20-15-19-11-3-2-10(23-14(16)17)6-12(11)24-15/h2-3,6-8,14H,4-5H2,1H3,(H,19,20,22). The molecule has 1 aromatic carbocycles. The smallest absolute Gasteiger partial charge is 0.387 e. The highest BCUT2D eigenvalue weighted by Gasteiger charge is 2.11. The van der Waals surface area contributed by atoms with Crippen LogP contribution in [0.25, 0.3) is 10.2 Å². The number of aromatic nitrogens is 3. The van der Waals surface area contributed by atoms with Gasteiger partial charge in [-0.1, -0.05) is 11.3 Å². The van der Waals surface area contributed by atoms with Gasteiger partial charge in [-0.3, -0.25) is 9.48 Å². The summed E-state index contributed by atoms with van der Waals surface area (Å²) in [7, 11) is 0. The molecule has 0 radical (unpaired) electrons. The molecule has 2 heterocycles. The Balaban J connectivity index is 1.62. The maximum atomic E-state index is 12.2. The number of hydrogen-bond donors (Lipinski definition) is 1. The SMILES string of the molecule is Cc1cnn(CCC(=O)Nc2nc3ccc(OC(F)F)cc3s2)c1. The van der Waals surface area contributed by atoms with E-state index in [9.17, 15) is 13.6 Å². The van der Waals surface area contributed by atoms with Gasteiger partial charge in [0.25, 0.3) is 0 Å². The summed E-state index contributed by atoms with van der Waals surface area (Å²) >= 11 is 1.20. The highest BCUT2D eigenvalue weighted by atomic mass is 32.1. The normalized spacial score (nSPS) is 11.2. The molecule has 0 aliphatic heterocycles. The van der Waals surface area contributed by atoms with Crippen molar-refractivity contribution in [2.24, 2.45) is 0 Å². The van der Waals surface area contributed by atoms with Crippen molar-refractivity contribution in [2.75, 3.05) is 5.32 Å². The lowest BCUT2D eigenvalue weighted by molar-refractivity contribution is -0.116. The summed E-state index contributed by atoms with van der Waals surface area (Å²) in [6.45, 7) is -0.478. The predicted octanol–water partition coefficient (Wildman–Crippen LogP) is 3.43. The summed E-state index contributed by atoms with van der Waals surface area (Å²) in [5, 5.41) is 7.24. The number of fused-ring (bicyclic) bond motifs is 1. The number of aryl methyl sites for hydroxylation is 2. The molecule has 0 aliphatic carbocycles. The zero-order chi connectivity index (χ0) is 17.1. The molecule has 1 N–H and O–H groups in total. The van der Waals surface area contributed by atoms with Crippen molar-refractivity contribution >= 4 is 32.6 Å². The summed E-state index contributed by atoms with van der Waals surface area (Å²) in [6.07, 6.45) is 3.84. The van der Waals surface area contributed by atoms with E-state index in [2.05, 4.69) is 20.1 Å². The monoisotopic (exact) mass is 352 g/mol.